The van der Waals surface area contributed by atoms with Crippen LogP contribution in [0.5, 0.6) is 0 Å². The number of benzene rings is 1. The Morgan fingerprint density at radius 3 is 2.90 bits per heavy atom. The number of nitrogens with zero attached hydrogens (tertiary/aromatic N) is 3. The molecule has 1 aliphatic carbocycles. The van der Waals surface area contributed by atoms with Gasteiger partial charge in [0.15, 0.2) is 0 Å². The molecule has 0 atom stereocenters. The summed E-state index contributed by atoms with van der Waals surface area (Å²) in [6, 6.07) is 3.01. The second kappa shape index (κ2) is 4.71. The van der Waals surface area contributed by atoms with Crippen LogP contribution in [0.3, 0.4) is 0 Å². The van der Waals surface area contributed by atoms with Crippen molar-refractivity contribution in [3.63, 3.8) is 0 Å². The number of ether oxygens (including phenoxy) is 1. The van der Waals surface area contributed by atoms with Crippen molar-refractivity contribution in [2.75, 3.05) is 13.7 Å². The molecule has 0 aliphatic heterocycles. The predicted octanol–water partition coefficient (Wildman–Crippen LogP) is 3.02. The first kappa shape index (κ1) is 13.3. The fraction of sp³-hybridized carbons (Fsp3) is 0.462. The normalized spacial score (nSPS) is 16.5. The summed E-state index contributed by atoms with van der Waals surface area (Å²) in [6.45, 7) is 1.48. The lowest BCUT2D eigenvalue weighted by Gasteiger charge is -2.13. The van der Waals surface area contributed by atoms with Gasteiger partial charge in [-0.15, -0.1) is 0 Å². The van der Waals surface area contributed by atoms with Gasteiger partial charge in [0.05, 0.1) is 17.0 Å². The first-order chi connectivity index (χ1) is 9.53. The van der Waals surface area contributed by atoms with E-state index in [1.54, 1.807) is 13.2 Å². The fourth-order valence-electron chi connectivity index (χ4n) is 2.48. The number of nitro groups is 1. The maximum atomic E-state index is 10.9. The number of methoxy groups -OCH3 is 1. The molecule has 0 N–H and O–H groups in total. The second-order valence-electron chi connectivity index (χ2n) is 5.38. The van der Waals surface area contributed by atoms with Crippen molar-refractivity contribution in [1.82, 2.24) is 9.78 Å². The standard InChI is InChI=1S/C13H14ClN3O3/c1-20-8-13(2-3-13)7-16-6-9-4-12(17(18)19)10(14)5-11(9)15-16/h4-6H,2-3,7-8H2,1H3. The summed E-state index contributed by atoms with van der Waals surface area (Å²) in [6.07, 6.45) is 4.07. The van der Waals surface area contributed by atoms with Crippen LogP contribution in [0.4, 0.5) is 5.69 Å². The van der Waals surface area contributed by atoms with E-state index in [2.05, 4.69) is 5.10 Å². The Hall–Kier alpha value is -1.66. The Kier molecular flexibility index (Phi) is 3.14. The Balaban J connectivity index is 1.93. The fourth-order valence-corrected chi connectivity index (χ4v) is 2.71. The summed E-state index contributed by atoms with van der Waals surface area (Å²) in [5.74, 6) is 0. The highest BCUT2D eigenvalue weighted by atomic mass is 35.5. The molecule has 1 fully saturated rings. The molecule has 1 aliphatic rings. The van der Waals surface area contributed by atoms with Crippen molar-refractivity contribution in [3.8, 4) is 0 Å². The van der Waals surface area contributed by atoms with Gasteiger partial charge in [0.1, 0.15) is 5.02 Å². The summed E-state index contributed by atoms with van der Waals surface area (Å²) in [5.41, 5.74) is 0.762. The molecule has 1 saturated carbocycles. The van der Waals surface area contributed by atoms with Crippen LogP contribution in [-0.4, -0.2) is 28.4 Å². The molecular weight excluding hydrogens is 282 g/mol. The largest absolute Gasteiger partial charge is 0.384 e. The van der Waals surface area contributed by atoms with Crippen LogP contribution in [0, 0.1) is 15.5 Å². The number of halogens is 1. The molecule has 0 unspecified atom stereocenters. The lowest BCUT2D eigenvalue weighted by molar-refractivity contribution is -0.384. The molecule has 3 rings (SSSR count). The molecule has 106 valence electrons. The molecule has 1 heterocycles. The van der Waals surface area contributed by atoms with Crippen molar-refractivity contribution in [2.45, 2.75) is 19.4 Å². The summed E-state index contributed by atoms with van der Waals surface area (Å²) in [4.78, 5) is 10.4. The van der Waals surface area contributed by atoms with Crippen molar-refractivity contribution in [1.29, 1.82) is 0 Å². The molecule has 0 saturated heterocycles. The first-order valence-electron chi connectivity index (χ1n) is 6.33. The third-order valence-corrected chi connectivity index (χ3v) is 4.02. The topological polar surface area (TPSA) is 70.2 Å². The van der Waals surface area contributed by atoms with Crippen LogP contribution in [-0.2, 0) is 11.3 Å². The second-order valence-corrected chi connectivity index (χ2v) is 5.79. The van der Waals surface area contributed by atoms with Crippen molar-refractivity contribution >= 4 is 28.2 Å². The zero-order valence-electron chi connectivity index (χ0n) is 11.0. The Labute approximate surface area is 120 Å². The van der Waals surface area contributed by atoms with E-state index in [0.29, 0.717) is 12.1 Å². The van der Waals surface area contributed by atoms with Crippen LogP contribution in [0.15, 0.2) is 18.3 Å². The third kappa shape index (κ3) is 2.36. The lowest BCUT2D eigenvalue weighted by atomic mass is 10.1. The van der Waals surface area contributed by atoms with E-state index >= 15 is 0 Å². The number of rotatable bonds is 5. The Morgan fingerprint density at radius 1 is 1.55 bits per heavy atom. The minimum Gasteiger partial charge on any atom is -0.384 e. The van der Waals surface area contributed by atoms with Gasteiger partial charge >= 0.3 is 0 Å². The summed E-state index contributed by atoms with van der Waals surface area (Å²) >= 11 is 5.89. The minimum atomic E-state index is -0.480. The summed E-state index contributed by atoms with van der Waals surface area (Å²) in [5, 5.41) is 16.2. The minimum absolute atomic E-state index is 0.0863. The SMILES string of the molecule is COCC1(Cn2cc3cc([N+](=O)[O-])c(Cl)cc3n2)CC1. The number of fused-ring (bicyclic) bond motifs is 1. The molecular formula is C13H14ClN3O3. The predicted molar refractivity (Wildman–Crippen MR) is 74.9 cm³/mol. The van der Waals surface area contributed by atoms with E-state index in [1.165, 1.54) is 6.07 Å². The van der Waals surface area contributed by atoms with E-state index in [0.717, 1.165) is 24.8 Å². The van der Waals surface area contributed by atoms with Crippen molar-refractivity contribution in [3.05, 3.63) is 33.5 Å². The van der Waals surface area contributed by atoms with Gasteiger partial charge < -0.3 is 4.74 Å². The van der Waals surface area contributed by atoms with Gasteiger partial charge in [0.2, 0.25) is 0 Å². The molecule has 0 radical (unpaired) electrons. The van der Waals surface area contributed by atoms with Gasteiger partial charge in [0, 0.05) is 36.7 Å². The molecule has 0 bridgehead atoms. The van der Waals surface area contributed by atoms with E-state index in [4.69, 9.17) is 16.3 Å². The van der Waals surface area contributed by atoms with Gasteiger partial charge in [-0.05, 0) is 18.9 Å². The lowest BCUT2D eigenvalue weighted by Crippen LogP contribution is -2.17. The first-order valence-corrected chi connectivity index (χ1v) is 6.71. The van der Waals surface area contributed by atoms with Gasteiger partial charge in [-0.3, -0.25) is 14.8 Å². The molecule has 0 spiro atoms. The highest BCUT2D eigenvalue weighted by Gasteiger charge is 2.43. The van der Waals surface area contributed by atoms with Gasteiger partial charge in [-0.25, -0.2) is 0 Å². The number of nitro benzene ring substituents is 1. The van der Waals surface area contributed by atoms with Crippen LogP contribution in [0.25, 0.3) is 10.9 Å². The van der Waals surface area contributed by atoms with Crippen LogP contribution in [0.1, 0.15) is 12.8 Å². The molecule has 1 aromatic heterocycles. The van der Waals surface area contributed by atoms with E-state index in [-0.39, 0.29) is 16.1 Å². The van der Waals surface area contributed by atoms with Crippen molar-refractivity contribution < 1.29 is 9.66 Å². The quantitative estimate of drug-likeness (QED) is 0.628. The smallest absolute Gasteiger partial charge is 0.288 e. The number of aromatic nitrogens is 2. The van der Waals surface area contributed by atoms with E-state index < -0.39 is 4.92 Å². The number of hydrogen-bond donors (Lipinski definition) is 0. The molecule has 6 nitrogen and oxygen atoms in total. The average molecular weight is 296 g/mol. The van der Waals surface area contributed by atoms with E-state index in [9.17, 15) is 10.1 Å². The summed E-state index contributed by atoms with van der Waals surface area (Å²) < 4.78 is 7.06. The van der Waals surface area contributed by atoms with E-state index in [1.807, 2.05) is 10.9 Å². The molecule has 1 aromatic carbocycles. The van der Waals surface area contributed by atoms with Gasteiger partial charge in [-0.1, -0.05) is 11.6 Å². The molecule has 20 heavy (non-hydrogen) atoms. The molecule has 7 heteroatoms. The van der Waals surface area contributed by atoms with Gasteiger partial charge in [0.25, 0.3) is 5.69 Å². The Bertz CT molecular complexity index is 679. The molecule has 0 amide bonds. The average Bonchev–Trinajstić information content (AvgIpc) is 3.00. The van der Waals surface area contributed by atoms with Crippen LogP contribution in [0.2, 0.25) is 5.02 Å². The van der Waals surface area contributed by atoms with Gasteiger partial charge in [-0.2, -0.15) is 5.10 Å². The maximum Gasteiger partial charge on any atom is 0.288 e. The summed E-state index contributed by atoms with van der Waals surface area (Å²) in [7, 11) is 1.70. The third-order valence-electron chi connectivity index (χ3n) is 3.72. The zero-order valence-corrected chi connectivity index (χ0v) is 11.8. The van der Waals surface area contributed by atoms with Crippen molar-refractivity contribution in [2.24, 2.45) is 5.41 Å². The highest BCUT2D eigenvalue weighted by Crippen LogP contribution is 2.47. The molecule has 2 aromatic rings. The zero-order chi connectivity index (χ0) is 14.3. The monoisotopic (exact) mass is 295 g/mol. The number of hydrogen-bond acceptors (Lipinski definition) is 4. The van der Waals surface area contributed by atoms with Crippen LogP contribution >= 0.6 is 11.6 Å². The van der Waals surface area contributed by atoms with Crippen LogP contribution < -0.4 is 0 Å². The maximum absolute atomic E-state index is 10.9. The highest BCUT2D eigenvalue weighted by molar-refractivity contribution is 6.33. The Morgan fingerprint density at radius 2 is 2.30 bits per heavy atom.